The van der Waals surface area contributed by atoms with Crippen LogP contribution in [-0.4, -0.2) is 60.1 Å². The number of nitrogens with zero attached hydrogens (tertiary/aromatic N) is 2. The molecule has 202 valence electrons. The molecule has 13 heteroatoms. The van der Waals surface area contributed by atoms with Gasteiger partial charge >= 0.3 is 0 Å². The fourth-order valence-corrected chi connectivity index (χ4v) is 4.78. The van der Waals surface area contributed by atoms with Crippen LogP contribution >= 0.6 is 0 Å². The Morgan fingerprint density at radius 1 is 1.14 bits per heavy atom. The first-order chi connectivity index (χ1) is 16.8. The maximum atomic E-state index is 11.1. The topological polar surface area (TPSA) is 197 Å². The lowest BCUT2D eigenvalue weighted by molar-refractivity contribution is 0.426. The number of nitrogen functional groups attached to an aromatic ring is 1. The summed E-state index contributed by atoms with van der Waals surface area (Å²) in [6, 6.07) is 9.40. The molecule has 0 spiro atoms. The molecule has 6 N–H and O–H groups in total. The molecule has 0 saturated heterocycles. The van der Waals surface area contributed by atoms with Gasteiger partial charge in [-0.15, -0.1) is 0 Å². The Morgan fingerprint density at radius 2 is 1.86 bits per heavy atom. The molecule has 0 amide bonds. The van der Waals surface area contributed by atoms with Crippen molar-refractivity contribution in [2.75, 3.05) is 24.3 Å². The van der Waals surface area contributed by atoms with Crippen LogP contribution in [0.4, 0.5) is 5.82 Å². The lowest BCUT2D eigenvalue weighted by atomic mass is 9.91. The maximum Gasteiger partial charge on any atom is 0.274 e. The van der Waals surface area contributed by atoms with Gasteiger partial charge in [0.1, 0.15) is 38.2 Å². The molecule has 0 radical (unpaired) electrons. The molecule has 37 heavy (non-hydrogen) atoms. The first-order valence-electron chi connectivity index (χ1n) is 11.1. The minimum absolute atomic E-state index is 0. The third kappa shape index (κ3) is 7.69. The third-order valence-electron chi connectivity index (χ3n) is 5.96. The highest BCUT2D eigenvalue weighted by molar-refractivity contribution is 7.90. The highest BCUT2D eigenvalue weighted by Crippen LogP contribution is 2.31. The zero-order chi connectivity index (χ0) is 26.6. The number of nitrogens with one attached hydrogen (secondary N) is 1. The number of fused-ring (bicyclic) bond motifs is 1. The van der Waals surface area contributed by atoms with Crippen LogP contribution in [0.15, 0.2) is 65.4 Å². The van der Waals surface area contributed by atoms with Gasteiger partial charge in [0.25, 0.3) is 10.1 Å². The summed E-state index contributed by atoms with van der Waals surface area (Å²) in [5.74, 6) is 1.77. The van der Waals surface area contributed by atoms with Crippen LogP contribution < -0.4 is 11.1 Å². The fourth-order valence-electron chi connectivity index (χ4n) is 3.47. The number of benzene rings is 1. The van der Waals surface area contributed by atoms with Crippen molar-refractivity contribution in [3.63, 3.8) is 0 Å². The van der Waals surface area contributed by atoms with E-state index in [0.717, 1.165) is 22.2 Å². The lowest BCUT2D eigenvalue weighted by Crippen LogP contribution is -2.39. The monoisotopic (exact) mass is 552 g/mol. The van der Waals surface area contributed by atoms with Crippen LogP contribution in [0.1, 0.15) is 19.6 Å². The van der Waals surface area contributed by atoms with Crippen LogP contribution in [0.5, 0.6) is 0 Å². The summed E-state index contributed by atoms with van der Waals surface area (Å²) >= 11 is 0. The van der Waals surface area contributed by atoms with E-state index in [0.29, 0.717) is 24.7 Å². The van der Waals surface area contributed by atoms with E-state index in [1.165, 1.54) is 25.6 Å². The van der Waals surface area contributed by atoms with Gasteiger partial charge in [-0.25, -0.2) is 18.4 Å². The summed E-state index contributed by atoms with van der Waals surface area (Å²) in [7, 11) is -6.97. The van der Waals surface area contributed by atoms with Crippen molar-refractivity contribution in [3.8, 4) is 11.3 Å². The number of sulfone groups is 1. The number of rotatable bonds is 7. The molecular weight excluding hydrogens is 520 g/mol. The Hall–Kier alpha value is -3.10. The molecule has 1 aliphatic carbocycles. The number of anilines is 1. The third-order valence-corrected chi connectivity index (χ3v) is 8.52. The quantitative estimate of drug-likeness (QED) is 0.288. The van der Waals surface area contributed by atoms with Gasteiger partial charge in [-0.1, -0.05) is 31.2 Å². The van der Waals surface area contributed by atoms with E-state index in [1.807, 2.05) is 30.3 Å². The maximum absolute atomic E-state index is 11.1. The van der Waals surface area contributed by atoms with Crippen molar-refractivity contribution in [1.82, 2.24) is 15.3 Å². The van der Waals surface area contributed by atoms with Gasteiger partial charge in [-0.2, -0.15) is 8.42 Å². The zero-order valence-electron chi connectivity index (χ0n) is 20.7. The fraction of sp³-hybridized carbons (Fsp3) is 0.333. The minimum Gasteiger partial charge on any atom is -0.460 e. The number of hydrogen-bond acceptors (Lipinski definition) is 9. The average Bonchev–Trinajstić information content (AvgIpc) is 3.27. The molecule has 11 nitrogen and oxygen atoms in total. The van der Waals surface area contributed by atoms with E-state index < -0.39 is 24.7 Å². The lowest BCUT2D eigenvalue weighted by Gasteiger charge is -2.29. The molecule has 0 aliphatic heterocycles. The van der Waals surface area contributed by atoms with Crippen LogP contribution in [0.2, 0.25) is 0 Å². The molecule has 2 heterocycles. The summed E-state index contributed by atoms with van der Waals surface area (Å²) in [6.07, 6.45) is 9.32. The molecule has 2 unspecified atom stereocenters. The van der Waals surface area contributed by atoms with Crippen LogP contribution in [0.25, 0.3) is 22.2 Å². The number of hydrogen-bond donors (Lipinski definition) is 3. The van der Waals surface area contributed by atoms with E-state index in [2.05, 4.69) is 15.3 Å². The second-order valence-electron chi connectivity index (χ2n) is 8.76. The van der Waals surface area contributed by atoms with Gasteiger partial charge in [0.15, 0.2) is 0 Å². The molecule has 0 bridgehead atoms. The Bertz CT molecular complexity index is 1500. The molecular formula is C24H32N4O7S2. The van der Waals surface area contributed by atoms with Crippen LogP contribution in [0, 0.1) is 5.92 Å². The molecule has 0 fully saturated rings. The second kappa shape index (κ2) is 12.0. The molecule has 1 aromatic carbocycles. The molecule has 1 aliphatic rings. The number of aromatic nitrogens is 2. The highest BCUT2D eigenvalue weighted by Gasteiger charge is 2.40. The first kappa shape index (κ1) is 30.1. The summed E-state index contributed by atoms with van der Waals surface area (Å²) in [5, 5.41) is 3.83. The van der Waals surface area contributed by atoms with Crippen molar-refractivity contribution >= 4 is 36.7 Å². The minimum atomic E-state index is -4.01. The standard InChI is InChI=1S/C16H18N4O3S.C8H12O3S.H2O/c1-24(21,22)7-6-18-9-12-3-5-15(23-12)11-2-4-14-13(8-11)16(17)20-10-19-14;1-7-5-3-4-6-8(7,2)12(9,10)11;/h2-5,8,10,18H,6-7,9H2,1H3,(H2,17,19,20);3-7H,1-2H3,(H,9,10,11);1H2. The molecule has 3 aromatic rings. The predicted molar refractivity (Wildman–Crippen MR) is 144 cm³/mol. The van der Waals surface area contributed by atoms with Gasteiger partial charge in [0, 0.05) is 23.8 Å². The van der Waals surface area contributed by atoms with E-state index in [9.17, 15) is 16.8 Å². The van der Waals surface area contributed by atoms with Gasteiger partial charge in [0.05, 0.1) is 17.8 Å². The van der Waals surface area contributed by atoms with Crippen molar-refractivity contribution in [3.05, 3.63) is 66.7 Å². The average molecular weight is 553 g/mol. The van der Waals surface area contributed by atoms with Crippen molar-refractivity contribution in [2.45, 2.75) is 25.1 Å². The Morgan fingerprint density at radius 3 is 2.49 bits per heavy atom. The van der Waals surface area contributed by atoms with Crippen molar-refractivity contribution in [1.29, 1.82) is 0 Å². The summed E-state index contributed by atoms with van der Waals surface area (Å²) in [4.78, 5) is 8.16. The van der Waals surface area contributed by atoms with Gasteiger partial charge in [0.2, 0.25) is 0 Å². The van der Waals surface area contributed by atoms with Gasteiger partial charge < -0.3 is 20.9 Å². The summed E-state index contributed by atoms with van der Waals surface area (Å²) in [5.41, 5.74) is 7.54. The summed E-state index contributed by atoms with van der Waals surface area (Å²) < 4.78 is 57.7. The molecule has 2 atom stereocenters. The smallest absolute Gasteiger partial charge is 0.274 e. The van der Waals surface area contributed by atoms with Crippen molar-refractivity contribution in [2.24, 2.45) is 5.92 Å². The first-order valence-corrected chi connectivity index (χ1v) is 14.6. The second-order valence-corrected chi connectivity index (χ2v) is 12.8. The van der Waals surface area contributed by atoms with Crippen molar-refractivity contribution < 1.29 is 31.3 Å². The van der Waals surface area contributed by atoms with Gasteiger partial charge in [-0.3, -0.25) is 4.55 Å². The molecule has 0 saturated carbocycles. The predicted octanol–water partition coefficient (Wildman–Crippen LogP) is 2.18. The Labute approximate surface area is 216 Å². The number of furan rings is 1. The number of allylic oxidation sites excluding steroid dienone is 3. The highest BCUT2D eigenvalue weighted by atomic mass is 32.2. The molecule has 4 rings (SSSR count). The van der Waals surface area contributed by atoms with E-state index in [1.54, 1.807) is 25.2 Å². The van der Waals surface area contributed by atoms with Gasteiger partial charge in [-0.05, 0) is 43.2 Å². The van der Waals surface area contributed by atoms with E-state index in [4.69, 9.17) is 14.7 Å². The Kier molecular flexibility index (Phi) is 9.74. The summed E-state index contributed by atoms with van der Waals surface area (Å²) in [6.45, 7) is 4.12. The molecule has 2 aromatic heterocycles. The SMILES string of the molecule is CC1C=CC=CC1(C)S(=O)(=O)O.CS(=O)(=O)CCNCc1ccc(-c2ccc3ncnc(N)c3c2)o1.O. The van der Waals surface area contributed by atoms with E-state index >= 15 is 0 Å². The largest absolute Gasteiger partial charge is 0.460 e. The normalized spacial score (nSPS) is 19.2. The van der Waals surface area contributed by atoms with E-state index in [-0.39, 0.29) is 17.1 Å². The zero-order valence-corrected chi connectivity index (χ0v) is 22.4. The number of nitrogens with two attached hydrogens (primary N) is 1. The Balaban J connectivity index is 0.000000314. The van der Waals surface area contributed by atoms with Crippen LogP contribution in [0.3, 0.4) is 0 Å². The van der Waals surface area contributed by atoms with Crippen LogP contribution in [-0.2, 0) is 26.5 Å².